The topological polar surface area (TPSA) is 47.6 Å². The minimum atomic E-state index is -4.81. The van der Waals surface area contributed by atoms with Gasteiger partial charge in [0.2, 0.25) is 6.10 Å². The second kappa shape index (κ2) is 6.49. The van der Waals surface area contributed by atoms with E-state index in [0.717, 1.165) is 6.08 Å². The Bertz CT molecular complexity index is 674. The van der Waals surface area contributed by atoms with E-state index in [4.69, 9.17) is 27.9 Å². The molecule has 1 aliphatic rings. The number of benzene rings is 1. The van der Waals surface area contributed by atoms with E-state index < -0.39 is 23.8 Å². The van der Waals surface area contributed by atoms with Gasteiger partial charge in [-0.2, -0.15) is 13.2 Å². The molecule has 0 aromatic heterocycles. The first-order valence-corrected chi connectivity index (χ1v) is 7.28. The maximum atomic E-state index is 13.2. The molecule has 1 heterocycles. The largest absolute Gasteiger partial charge is 0.474 e. The van der Waals surface area contributed by atoms with E-state index in [1.165, 1.54) is 20.0 Å². The smallest absolute Gasteiger partial charge is 0.430 e. The van der Waals surface area contributed by atoms with Gasteiger partial charge in [0.05, 0.1) is 22.9 Å². The van der Waals surface area contributed by atoms with Crippen LogP contribution in [0.4, 0.5) is 18.9 Å². The van der Waals surface area contributed by atoms with E-state index in [2.05, 4.69) is 10.1 Å². The molecule has 4 nitrogen and oxygen atoms in total. The standard InChI is InChI=1S/C14H12Cl2F3NO3/c1-3-22-13(21)7-4-6-5-8(15)10(20-2)9(16)11(6)23-12(7)14(17,18)19/h4-5,12,20H,3H2,1-2H3. The lowest BCUT2D eigenvalue weighted by molar-refractivity contribution is -0.187. The van der Waals surface area contributed by atoms with Crippen LogP contribution >= 0.6 is 23.2 Å². The summed E-state index contributed by atoms with van der Waals surface area (Å²) in [5.41, 5.74) is -0.250. The minimum absolute atomic E-state index is 0.0617. The SMILES string of the molecule is CCOC(=O)C1=Cc2cc(Cl)c(NC)c(Cl)c2OC1C(F)(F)F. The zero-order valence-electron chi connectivity index (χ0n) is 12.1. The summed E-state index contributed by atoms with van der Waals surface area (Å²) in [5.74, 6) is -1.30. The predicted octanol–water partition coefficient (Wildman–Crippen LogP) is 4.30. The molecule has 0 fully saturated rings. The van der Waals surface area contributed by atoms with Gasteiger partial charge in [0, 0.05) is 12.6 Å². The Kier molecular flexibility index (Phi) is 5.01. The maximum absolute atomic E-state index is 13.2. The Morgan fingerprint density at radius 1 is 1.43 bits per heavy atom. The molecule has 0 amide bonds. The lowest BCUT2D eigenvalue weighted by Gasteiger charge is -2.29. The number of hydrogen-bond acceptors (Lipinski definition) is 4. The van der Waals surface area contributed by atoms with Gasteiger partial charge in [-0.1, -0.05) is 23.2 Å². The molecule has 23 heavy (non-hydrogen) atoms. The van der Waals surface area contributed by atoms with E-state index in [0.29, 0.717) is 0 Å². The maximum Gasteiger partial charge on any atom is 0.430 e. The minimum Gasteiger partial charge on any atom is -0.474 e. The van der Waals surface area contributed by atoms with Crippen molar-refractivity contribution in [3.05, 3.63) is 27.2 Å². The second-order valence-corrected chi connectivity index (χ2v) is 5.36. The molecule has 0 spiro atoms. The summed E-state index contributed by atoms with van der Waals surface area (Å²) >= 11 is 12.1. The van der Waals surface area contributed by atoms with Crippen molar-refractivity contribution in [1.82, 2.24) is 0 Å². The Morgan fingerprint density at radius 3 is 2.61 bits per heavy atom. The number of rotatable bonds is 3. The Labute approximate surface area is 140 Å². The lowest BCUT2D eigenvalue weighted by atomic mass is 10.0. The summed E-state index contributed by atoms with van der Waals surface area (Å²) < 4.78 is 49.3. The van der Waals surface area contributed by atoms with E-state index in [1.807, 2.05) is 0 Å². The van der Waals surface area contributed by atoms with Gasteiger partial charge in [-0.15, -0.1) is 0 Å². The summed E-state index contributed by atoms with van der Waals surface area (Å²) in [5, 5.41) is 2.77. The summed E-state index contributed by atoms with van der Waals surface area (Å²) in [6.07, 6.45) is -6.23. The number of ether oxygens (including phenoxy) is 2. The predicted molar refractivity (Wildman–Crippen MR) is 81.1 cm³/mol. The number of hydrogen-bond donors (Lipinski definition) is 1. The van der Waals surface area contributed by atoms with Crippen LogP contribution in [0.1, 0.15) is 12.5 Å². The number of esters is 1. The summed E-state index contributed by atoms with van der Waals surface area (Å²) in [7, 11) is 1.52. The third kappa shape index (κ3) is 3.35. The van der Waals surface area contributed by atoms with Crippen LogP contribution in [-0.4, -0.2) is 31.9 Å². The lowest BCUT2D eigenvalue weighted by Crippen LogP contribution is -2.40. The molecule has 2 rings (SSSR count). The molecule has 1 aromatic carbocycles. The summed E-state index contributed by atoms with van der Waals surface area (Å²) in [4.78, 5) is 11.8. The van der Waals surface area contributed by atoms with Crippen molar-refractivity contribution in [2.24, 2.45) is 0 Å². The molecule has 0 radical (unpaired) electrons. The fourth-order valence-electron chi connectivity index (χ4n) is 2.12. The van der Waals surface area contributed by atoms with Gasteiger partial charge >= 0.3 is 12.1 Å². The molecule has 126 valence electrons. The van der Waals surface area contributed by atoms with Crippen molar-refractivity contribution in [3.8, 4) is 5.75 Å². The summed E-state index contributed by atoms with van der Waals surface area (Å²) in [6, 6.07) is 1.36. The van der Waals surface area contributed by atoms with Crippen LogP contribution in [0.2, 0.25) is 10.0 Å². The van der Waals surface area contributed by atoms with Gasteiger partial charge in [0.25, 0.3) is 0 Å². The third-order valence-corrected chi connectivity index (χ3v) is 3.75. The van der Waals surface area contributed by atoms with Crippen molar-refractivity contribution >= 4 is 40.9 Å². The highest BCUT2D eigenvalue weighted by atomic mass is 35.5. The highest BCUT2D eigenvalue weighted by molar-refractivity contribution is 6.40. The zero-order valence-corrected chi connectivity index (χ0v) is 13.6. The molecule has 9 heteroatoms. The Balaban J connectivity index is 2.62. The van der Waals surface area contributed by atoms with E-state index in [-0.39, 0.29) is 33.7 Å². The first-order chi connectivity index (χ1) is 10.7. The average molecular weight is 370 g/mol. The monoisotopic (exact) mass is 369 g/mol. The fraction of sp³-hybridized carbons (Fsp3) is 0.357. The molecule has 1 unspecified atom stereocenters. The number of fused-ring (bicyclic) bond motifs is 1. The van der Waals surface area contributed by atoms with Crippen LogP contribution in [0.15, 0.2) is 11.6 Å². The van der Waals surface area contributed by atoms with Crippen LogP contribution in [0.25, 0.3) is 6.08 Å². The van der Waals surface area contributed by atoms with Crippen molar-refractivity contribution in [2.45, 2.75) is 19.2 Å². The van der Waals surface area contributed by atoms with Crippen molar-refractivity contribution in [3.63, 3.8) is 0 Å². The van der Waals surface area contributed by atoms with Crippen LogP contribution in [-0.2, 0) is 9.53 Å². The molecular weight excluding hydrogens is 358 g/mol. The van der Waals surface area contributed by atoms with Crippen LogP contribution in [0.5, 0.6) is 5.75 Å². The van der Waals surface area contributed by atoms with Crippen LogP contribution in [0.3, 0.4) is 0 Å². The van der Waals surface area contributed by atoms with E-state index in [9.17, 15) is 18.0 Å². The molecule has 0 bridgehead atoms. The van der Waals surface area contributed by atoms with Crippen molar-refractivity contribution < 1.29 is 27.4 Å². The van der Waals surface area contributed by atoms with Gasteiger partial charge in [0.15, 0.2) is 0 Å². The van der Waals surface area contributed by atoms with Crippen LogP contribution < -0.4 is 10.1 Å². The molecule has 1 atom stereocenters. The molecule has 0 saturated carbocycles. The quantitative estimate of drug-likeness (QED) is 0.806. The fourth-order valence-corrected chi connectivity index (χ4v) is 2.83. The highest BCUT2D eigenvalue weighted by Gasteiger charge is 2.49. The molecular formula is C14H12Cl2F3NO3. The van der Waals surface area contributed by atoms with Crippen LogP contribution in [0, 0.1) is 0 Å². The Morgan fingerprint density at radius 2 is 2.09 bits per heavy atom. The van der Waals surface area contributed by atoms with Gasteiger partial charge in [-0.3, -0.25) is 0 Å². The molecule has 1 N–H and O–H groups in total. The first kappa shape index (κ1) is 17.7. The number of anilines is 1. The summed E-state index contributed by atoms with van der Waals surface area (Å²) in [6.45, 7) is 1.43. The highest BCUT2D eigenvalue weighted by Crippen LogP contribution is 2.46. The number of alkyl halides is 3. The number of carbonyl (C=O) groups excluding carboxylic acids is 1. The molecule has 1 aromatic rings. The van der Waals surface area contributed by atoms with Gasteiger partial charge in [0.1, 0.15) is 10.8 Å². The second-order valence-electron chi connectivity index (χ2n) is 4.58. The third-order valence-electron chi connectivity index (χ3n) is 3.09. The normalized spacial score (nSPS) is 17.0. The molecule has 1 aliphatic heterocycles. The molecule has 0 aliphatic carbocycles. The van der Waals surface area contributed by atoms with E-state index in [1.54, 1.807) is 0 Å². The van der Waals surface area contributed by atoms with Crippen molar-refractivity contribution in [2.75, 3.05) is 19.0 Å². The number of nitrogens with one attached hydrogen (secondary N) is 1. The zero-order chi connectivity index (χ0) is 17.4. The molecule has 0 saturated heterocycles. The van der Waals surface area contributed by atoms with Crippen molar-refractivity contribution in [1.29, 1.82) is 0 Å². The van der Waals surface area contributed by atoms with Gasteiger partial charge < -0.3 is 14.8 Å². The van der Waals surface area contributed by atoms with Gasteiger partial charge in [-0.25, -0.2) is 4.79 Å². The Hall–Kier alpha value is -1.60. The first-order valence-electron chi connectivity index (χ1n) is 6.52. The average Bonchev–Trinajstić information content (AvgIpc) is 2.45. The number of carbonyl (C=O) groups is 1. The van der Waals surface area contributed by atoms with Gasteiger partial charge in [-0.05, 0) is 19.1 Å². The van der Waals surface area contributed by atoms with E-state index >= 15 is 0 Å². The number of halogens is 5.